The Bertz CT molecular complexity index is 1730. The van der Waals surface area contributed by atoms with Crippen LogP contribution < -0.4 is 21.9 Å². The molecule has 11 nitrogen and oxygen atoms in total. The maximum absolute atomic E-state index is 14.0. The SMILES string of the molecule is CC(C)=CCn1c(N2CCCC(N)C2)nc2c1c(=O)n(Cc1nccc3c(CS(=O)O)cccc13)c(=O)n2C. The van der Waals surface area contributed by atoms with Crippen molar-refractivity contribution in [3.05, 3.63) is 74.2 Å². The molecule has 0 bridgehead atoms. The zero-order valence-electron chi connectivity index (χ0n) is 22.3. The fourth-order valence-corrected chi connectivity index (χ4v) is 5.76. The maximum atomic E-state index is 14.0. The average Bonchev–Trinajstić information content (AvgIpc) is 3.28. The predicted octanol–water partition coefficient (Wildman–Crippen LogP) is 2.11. The van der Waals surface area contributed by atoms with Crippen LogP contribution in [-0.4, -0.2) is 51.6 Å². The summed E-state index contributed by atoms with van der Waals surface area (Å²) >= 11 is -2.01. The summed E-state index contributed by atoms with van der Waals surface area (Å²) < 4.78 is 25.4. The molecule has 12 heteroatoms. The number of aryl methyl sites for hydroxylation is 1. The molecule has 3 aromatic heterocycles. The molecule has 5 rings (SSSR count). The topological polar surface area (TPSA) is 141 Å². The van der Waals surface area contributed by atoms with E-state index in [2.05, 4.69) is 9.88 Å². The number of hydrogen-bond donors (Lipinski definition) is 2. The lowest BCUT2D eigenvalue weighted by atomic mass is 10.0. The largest absolute Gasteiger partial charge is 0.341 e. The van der Waals surface area contributed by atoms with E-state index in [1.165, 1.54) is 9.13 Å². The molecular formula is C27H33N7O4S. The molecule has 0 spiro atoms. The Morgan fingerprint density at radius 3 is 2.72 bits per heavy atom. The minimum absolute atomic E-state index is 0.0153. The van der Waals surface area contributed by atoms with E-state index < -0.39 is 22.3 Å². The summed E-state index contributed by atoms with van der Waals surface area (Å²) in [6.07, 6.45) is 5.48. The molecule has 1 fully saturated rings. The third-order valence-electron chi connectivity index (χ3n) is 7.20. The second-order valence-electron chi connectivity index (χ2n) is 10.3. The van der Waals surface area contributed by atoms with Gasteiger partial charge in [0.1, 0.15) is 0 Å². The fourth-order valence-electron chi connectivity index (χ4n) is 5.25. The van der Waals surface area contributed by atoms with Crippen molar-refractivity contribution < 1.29 is 8.76 Å². The lowest BCUT2D eigenvalue weighted by molar-refractivity contribution is 0.495. The summed E-state index contributed by atoms with van der Waals surface area (Å²) in [7, 11) is 1.62. The van der Waals surface area contributed by atoms with Gasteiger partial charge in [-0.1, -0.05) is 29.8 Å². The van der Waals surface area contributed by atoms with Crippen LogP contribution in [0.15, 0.2) is 51.7 Å². The average molecular weight is 552 g/mol. The zero-order chi connectivity index (χ0) is 27.8. The summed E-state index contributed by atoms with van der Waals surface area (Å²) in [5, 5.41) is 1.48. The van der Waals surface area contributed by atoms with E-state index in [1.54, 1.807) is 31.4 Å². The zero-order valence-corrected chi connectivity index (χ0v) is 23.1. The standard InChI is InChI=1S/C27H33N7O4S/c1-17(2)10-13-33-23-24(30-26(33)32-12-5-7-19(28)14-32)31(3)27(36)34(25(23)35)15-22-21-8-4-6-18(16-39(37)38)20(21)9-11-29-22/h4,6,8-11,19H,5,7,12-16,28H2,1-3H3,(H,37,38). The molecule has 4 aromatic rings. The number of benzene rings is 1. The van der Waals surface area contributed by atoms with Crippen LogP contribution in [0.4, 0.5) is 5.95 Å². The highest BCUT2D eigenvalue weighted by molar-refractivity contribution is 7.78. The van der Waals surface area contributed by atoms with Crippen LogP contribution in [0.3, 0.4) is 0 Å². The van der Waals surface area contributed by atoms with Crippen LogP contribution in [0.1, 0.15) is 37.9 Å². The second-order valence-corrected chi connectivity index (χ2v) is 11.2. The van der Waals surface area contributed by atoms with Crippen LogP contribution in [0.5, 0.6) is 0 Å². The molecule has 4 heterocycles. The van der Waals surface area contributed by atoms with Crippen molar-refractivity contribution in [2.75, 3.05) is 18.0 Å². The number of imidazole rings is 1. The lowest BCUT2D eigenvalue weighted by Gasteiger charge is -2.31. The summed E-state index contributed by atoms with van der Waals surface area (Å²) in [5.41, 5.74) is 8.31. The number of allylic oxidation sites excluding steroid dienone is 2. The van der Waals surface area contributed by atoms with Crippen LogP contribution in [-0.2, 0) is 37.0 Å². The Morgan fingerprint density at radius 1 is 1.21 bits per heavy atom. The van der Waals surface area contributed by atoms with E-state index in [0.29, 0.717) is 41.5 Å². The van der Waals surface area contributed by atoms with E-state index in [4.69, 9.17) is 10.7 Å². The molecule has 39 heavy (non-hydrogen) atoms. The molecule has 1 aliphatic rings. The van der Waals surface area contributed by atoms with Crippen molar-refractivity contribution in [1.29, 1.82) is 0 Å². The smallest absolute Gasteiger partial charge is 0.332 e. The van der Waals surface area contributed by atoms with Gasteiger partial charge in [0, 0.05) is 44.3 Å². The van der Waals surface area contributed by atoms with E-state index >= 15 is 0 Å². The van der Waals surface area contributed by atoms with Crippen molar-refractivity contribution in [3.63, 3.8) is 0 Å². The predicted molar refractivity (Wildman–Crippen MR) is 153 cm³/mol. The van der Waals surface area contributed by atoms with Crippen LogP contribution >= 0.6 is 0 Å². The number of hydrogen-bond acceptors (Lipinski definition) is 7. The van der Waals surface area contributed by atoms with Crippen molar-refractivity contribution in [3.8, 4) is 0 Å². The highest BCUT2D eigenvalue weighted by atomic mass is 32.2. The molecule has 3 N–H and O–H groups in total. The molecule has 2 atom stereocenters. The number of rotatable bonds is 7. The normalized spacial score (nSPS) is 16.6. The van der Waals surface area contributed by atoms with Crippen molar-refractivity contribution in [2.45, 2.75) is 51.6 Å². The first-order valence-corrected chi connectivity index (χ1v) is 14.2. The number of piperidine rings is 1. The fraction of sp³-hybridized carbons (Fsp3) is 0.407. The first kappa shape index (κ1) is 27.0. The molecule has 1 aromatic carbocycles. The summed E-state index contributed by atoms with van der Waals surface area (Å²) in [4.78, 5) is 38.9. The van der Waals surface area contributed by atoms with Gasteiger partial charge in [-0.25, -0.2) is 9.00 Å². The van der Waals surface area contributed by atoms with Gasteiger partial charge < -0.3 is 19.8 Å². The first-order valence-electron chi connectivity index (χ1n) is 12.9. The number of pyridine rings is 1. The Hall–Kier alpha value is -3.61. The Labute approximate surface area is 227 Å². The molecule has 0 saturated carbocycles. The molecular weight excluding hydrogens is 518 g/mol. The summed E-state index contributed by atoms with van der Waals surface area (Å²) in [6.45, 7) is 5.77. The van der Waals surface area contributed by atoms with Gasteiger partial charge >= 0.3 is 5.69 Å². The molecule has 0 amide bonds. The molecule has 1 saturated heterocycles. The third kappa shape index (κ3) is 5.19. The Kier molecular flexibility index (Phi) is 7.52. The van der Waals surface area contributed by atoms with Gasteiger partial charge in [-0.05, 0) is 43.7 Å². The third-order valence-corrected chi connectivity index (χ3v) is 7.76. The van der Waals surface area contributed by atoms with Gasteiger partial charge in [-0.2, -0.15) is 4.98 Å². The van der Waals surface area contributed by atoms with Gasteiger partial charge in [0.15, 0.2) is 22.2 Å². The van der Waals surface area contributed by atoms with Crippen LogP contribution in [0.25, 0.3) is 21.9 Å². The minimum atomic E-state index is -2.01. The Morgan fingerprint density at radius 2 is 2.00 bits per heavy atom. The molecule has 1 aliphatic heterocycles. The number of anilines is 1. The van der Waals surface area contributed by atoms with Crippen molar-refractivity contribution in [1.82, 2.24) is 23.7 Å². The number of aromatic nitrogens is 5. The van der Waals surface area contributed by atoms with Crippen molar-refractivity contribution in [2.24, 2.45) is 12.8 Å². The lowest BCUT2D eigenvalue weighted by Crippen LogP contribution is -2.44. The molecule has 0 aliphatic carbocycles. The quantitative estimate of drug-likeness (QED) is 0.263. The maximum Gasteiger partial charge on any atom is 0.332 e. The van der Waals surface area contributed by atoms with E-state index in [-0.39, 0.29) is 18.3 Å². The van der Waals surface area contributed by atoms with Crippen LogP contribution in [0, 0.1) is 0 Å². The first-order chi connectivity index (χ1) is 18.7. The van der Waals surface area contributed by atoms with Gasteiger partial charge in [0.05, 0.1) is 18.0 Å². The number of nitrogens with zero attached hydrogens (tertiary/aromatic N) is 6. The molecule has 0 radical (unpaired) electrons. The van der Waals surface area contributed by atoms with E-state index in [0.717, 1.165) is 35.7 Å². The van der Waals surface area contributed by atoms with E-state index in [1.807, 2.05) is 30.6 Å². The van der Waals surface area contributed by atoms with Gasteiger partial charge in [0.2, 0.25) is 5.95 Å². The summed E-state index contributed by atoms with van der Waals surface area (Å²) in [6, 6.07) is 7.19. The Balaban J connectivity index is 1.69. The minimum Gasteiger partial charge on any atom is -0.341 e. The van der Waals surface area contributed by atoms with Gasteiger partial charge in [-0.3, -0.25) is 18.9 Å². The van der Waals surface area contributed by atoms with Gasteiger partial charge in [-0.15, -0.1) is 0 Å². The monoisotopic (exact) mass is 551 g/mol. The van der Waals surface area contributed by atoms with Crippen LogP contribution in [0.2, 0.25) is 0 Å². The number of fused-ring (bicyclic) bond motifs is 2. The highest BCUT2D eigenvalue weighted by Gasteiger charge is 2.26. The van der Waals surface area contributed by atoms with Crippen molar-refractivity contribution >= 4 is 39.0 Å². The molecule has 206 valence electrons. The van der Waals surface area contributed by atoms with E-state index in [9.17, 15) is 18.4 Å². The summed E-state index contributed by atoms with van der Waals surface area (Å²) in [5.74, 6) is 0.605. The highest BCUT2D eigenvalue weighted by Crippen LogP contribution is 2.25. The molecule has 2 unspecified atom stereocenters. The number of nitrogens with two attached hydrogens (primary N) is 1. The van der Waals surface area contributed by atoms with Gasteiger partial charge in [0.25, 0.3) is 5.56 Å². The second kappa shape index (κ2) is 10.9.